The van der Waals surface area contributed by atoms with Crippen molar-refractivity contribution < 1.29 is 0 Å². The highest BCUT2D eigenvalue weighted by Crippen LogP contribution is 2.58. The number of hydrogen-bond acceptors (Lipinski definition) is 4. The van der Waals surface area contributed by atoms with E-state index in [4.69, 9.17) is 19.9 Å². The second-order valence-corrected chi connectivity index (χ2v) is 20.3. The van der Waals surface area contributed by atoms with Gasteiger partial charge in [-0.25, -0.2) is 0 Å². The van der Waals surface area contributed by atoms with Gasteiger partial charge in [-0.2, -0.15) is 0 Å². The molecule has 8 aromatic heterocycles. The van der Waals surface area contributed by atoms with E-state index in [1.807, 2.05) is 49.6 Å². The van der Waals surface area contributed by atoms with Crippen LogP contribution in [-0.2, 0) is 5.41 Å². The van der Waals surface area contributed by atoms with Gasteiger partial charge in [0.05, 0.1) is 74.3 Å². The maximum Gasteiger partial charge on any atom is 0.0724 e. The normalized spacial score (nSPS) is 13.0. The second-order valence-electron chi connectivity index (χ2n) is 20.3. The SMILES string of the molecule is c1ccc2c(c1)-c1ccccc1C2(c1cc(-n2c3ccccc3c3ccncc32)cc(-n2c3ccccc3c3ccncc32)c1)c1cc(-n2c3ccccc3c3ccncc32)cc(-n2c3ccccc3c3ccncc32)c1. The highest BCUT2D eigenvalue weighted by atomic mass is 15.0. The van der Waals surface area contributed by atoms with E-state index in [2.05, 4.69) is 225 Å². The van der Waals surface area contributed by atoms with Crippen LogP contribution in [0.2, 0.25) is 0 Å². The van der Waals surface area contributed by atoms with Gasteiger partial charge >= 0.3 is 0 Å². The van der Waals surface area contributed by atoms with E-state index in [1.54, 1.807) is 0 Å². The maximum absolute atomic E-state index is 4.78. The summed E-state index contributed by atoms with van der Waals surface area (Å²) < 4.78 is 9.65. The van der Waals surface area contributed by atoms with Crippen molar-refractivity contribution in [3.63, 3.8) is 0 Å². The summed E-state index contributed by atoms with van der Waals surface area (Å²) in [5.74, 6) is 0. The third kappa shape index (κ3) is 5.70. The first-order valence-corrected chi connectivity index (χ1v) is 26.1. The van der Waals surface area contributed by atoms with E-state index in [-0.39, 0.29) is 0 Å². The Hall–Kier alpha value is -10.4. The van der Waals surface area contributed by atoms with Crippen LogP contribution in [0.15, 0.2) is 256 Å². The van der Waals surface area contributed by atoms with Gasteiger partial charge < -0.3 is 18.3 Å². The number of rotatable bonds is 6. The summed E-state index contributed by atoms with van der Waals surface area (Å²) in [6, 6.07) is 76.1. The van der Waals surface area contributed by atoms with Crippen LogP contribution in [0.1, 0.15) is 22.3 Å². The van der Waals surface area contributed by atoms with Crippen LogP contribution in [0, 0.1) is 0 Å². The molecule has 17 rings (SSSR count). The lowest BCUT2D eigenvalue weighted by molar-refractivity contribution is 0.763. The number of pyridine rings is 4. The molecule has 16 aromatic rings. The molecule has 0 aliphatic heterocycles. The van der Waals surface area contributed by atoms with Crippen molar-refractivity contribution >= 4 is 87.2 Å². The Labute approximate surface area is 440 Å². The average Bonchev–Trinajstić information content (AvgIpc) is 4.47. The Morgan fingerprint density at radius 2 is 0.506 bits per heavy atom. The molecule has 8 heteroatoms. The predicted octanol–water partition coefficient (Wildman–Crippen LogP) is 16.0. The summed E-state index contributed by atoms with van der Waals surface area (Å²) in [5, 5.41) is 9.26. The number of hydrogen-bond donors (Lipinski definition) is 0. The molecule has 0 bridgehead atoms. The van der Waals surface area contributed by atoms with E-state index in [1.165, 1.54) is 43.8 Å². The fraction of sp³-hybridized carbons (Fsp3) is 0.0145. The van der Waals surface area contributed by atoms with Crippen LogP contribution in [-0.4, -0.2) is 38.2 Å². The largest absolute Gasteiger partial charge is 0.308 e. The molecule has 358 valence electrons. The highest BCUT2D eigenvalue weighted by Gasteiger charge is 2.47. The van der Waals surface area contributed by atoms with Crippen molar-refractivity contribution in [1.29, 1.82) is 0 Å². The summed E-state index contributed by atoms with van der Waals surface area (Å²) in [5.41, 5.74) is 18.8. The van der Waals surface area contributed by atoms with Gasteiger partial charge in [0.2, 0.25) is 0 Å². The quantitative estimate of drug-likeness (QED) is 0.166. The van der Waals surface area contributed by atoms with Crippen molar-refractivity contribution in [2.24, 2.45) is 0 Å². The number of benzene rings is 8. The van der Waals surface area contributed by atoms with E-state index in [0.717, 1.165) is 99.6 Å². The molecule has 0 amide bonds. The smallest absolute Gasteiger partial charge is 0.0724 e. The molecule has 0 N–H and O–H groups in total. The average molecular weight is 983 g/mol. The summed E-state index contributed by atoms with van der Waals surface area (Å²) in [6.45, 7) is 0. The van der Waals surface area contributed by atoms with E-state index >= 15 is 0 Å². The minimum absolute atomic E-state index is 0.898. The van der Waals surface area contributed by atoms with Gasteiger partial charge in [0.1, 0.15) is 0 Å². The number of fused-ring (bicyclic) bond motifs is 15. The fourth-order valence-corrected chi connectivity index (χ4v) is 13.5. The third-order valence-electron chi connectivity index (χ3n) is 16.6. The van der Waals surface area contributed by atoms with Crippen LogP contribution < -0.4 is 0 Å². The molecular weight excluding hydrogens is 941 g/mol. The van der Waals surface area contributed by atoms with Crippen molar-refractivity contribution in [1.82, 2.24) is 38.2 Å². The monoisotopic (exact) mass is 982 g/mol. The van der Waals surface area contributed by atoms with Gasteiger partial charge in [-0.15, -0.1) is 0 Å². The lowest BCUT2D eigenvalue weighted by Gasteiger charge is -2.35. The minimum Gasteiger partial charge on any atom is -0.308 e. The fourth-order valence-electron chi connectivity index (χ4n) is 13.5. The molecule has 8 aromatic carbocycles. The lowest BCUT2D eigenvalue weighted by atomic mass is 9.67. The zero-order valence-corrected chi connectivity index (χ0v) is 41.3. The van der Waals surface area contributed by atoms with Crippen LogP contribution in [0.4, 0.5) is 0 Å². The first kappa shape index (κ1) is 42.0. The zero-order valence-electron chi connectivity index (χ0n) is 41.3. The third-order valence-corrected chi connectivity index (χ3v) is 16.6. The zero-order chi connectivity index (χ0) is 50.3. The van der Waals surface area contributed by atoms with Gasteiger partial charge in [-0.1, -0.05) is 121 Å². The number of para-hydroxylation sites is 4. The Bertz CT molecular complexity index is 4350. The Balaban J connectivity index is 1.08. The molecule has 0 saturated heterocycles. The molecule has 77 heavy (non-hydrogen) atoms. The number of aromatic nitrogens is 8. The molecule has 8 nitrogen and oxygen atoms in total. The Morgan fingerprint density at radius 1 is 0.247 bits per heavy atom. The molecule has 1 aliphatic carbocycles. The summed E-state index contributed by atoms with van der Waals surface area (Å²) in [6.07, 6.45) is 15.7. The second kappa shape index (κ2) is 15.8. The van der Waals surface area contributed by atoms with Gasteiger partial charge in [-0.05, 0) is 118 Å². The van der Waals surface area contributed by atoms with Crippen molar-refractivity contribution in [3.8, 4) is 33.9 Å². The van der Waals surface area contributed by atoms with Crippen molar-refractivity contribution in [2.45, 2.75) is 5.41 Å². The van der Waals surface area contributed by atoms with Gasteiger partial charge in [0, 0.05) is 90.6 Å². The van der Waals surface area contributed by atoms with E-state index in [0.29, 0.717) is 0 Å². The van der Waals surface area contributed by atoms with Crippen LogP contribution in [0.5, 0.6) is 0 Å². The van der Waals surface area contributed by atoms with Crippen molar-refractivity contribution in [2.75, 3.05) is 0 Å². The summed E-state index contributed by atoms with van der Waals surface area (Å²) in [4.78, 5) is 19.1. The van der Waals surface area contributed by atoms with Crippen molar-refractivity contribution in [3.05, 3.63) is 278 Å². The van der Waals surface area contributed by atoms with Crippen LogP contribution >= 0.6 is 0 Å². The molecule has 0 fully saturated rings. The Morgan fingerprint density at radius 3 is 0.818 bits per heavy atom. The molecule has 0 radical (unpaired) electrons. The molecule has 8 heterocycles. The van der Waals surface area contributed by atoms with E-state index < -0.39 is 5.41 Å². The maximum atomic E-state index is 4.78. The molecule has 0 spiro atoms. The molecule has 0 unspecified atom stereocenters. The van der Waals surface area contributed by atoms with Crippen LogP contribution in [0.25, 0.3) is 121 Å². The van der Waals surface area contributed by atoms with E-state index in [9.17, 15) is 0 Å². The van der Waals surface area contributed by atoms with Crippen LogP contribution in [0.3, 0.4) is 0 Å². The summed E-state index contributed by atoms with van der Waals surface area (Å²) in [7, 11) is 0. The molecule has 1 aliphatic rings. The first-order chi connectivity index (χ1) is 38.2. The summed E-state index contributed by atoms with van der Waals surface area (Å²) >= 11 is 0. The standard InChI is InChI=1S/C69H42N8/c1-7-19-59-49(13-1)50-14-2-8-20-60(50)69(59,43-33-45(74-61-21-9-3-15-51(61)55-25-29-70-39-65(55)74)37-46(34-43)75-62-22-10-4-16-52(62)56-26-30-71-40-66(56)75)44-35-47(76-63-23-11-5-17-53(63)57-27-31-72-41-67(57)76)38-48(36-44)77-64-24-12-6-18-54(64)58-28-32-73-42-68(58)77/h1-42H. The first-order valence-electron chi connectivity index (χ1n) is 26.1. The van der Waals surface area contributed by atoms with Gasteiger partial charge in [-0.3, -0.25) is 19.9 Å². The molecule has 0 atom stereocenters. The lowest BCUT2D eigenvalue weighted by Crippen LogP contribution is -2.29. The van der Waals surface area contributed by atoms with Gasteiger partial charge in [0.15, 0.2) is 0 Å². The van der Waals surface area contributed by atoms with Gasteiger partial charge in [0.25, 0.3) is 0 Å². The molecule has 0 saturated carbocycles. The Kier molecular flexibility index (Phi) is 8.61. The minimum atomic E-state index is -0.898. The predicted molar refractivity (Wildman–Crippen MR) is 312 cm³/mol. The molecular formula is C69H42N8. The highest BCUT2D eigenvalue weighted by molar-refractivity contribution is 6.12. The number of nitrogens with zero attached hydrogens (tertiary/aromatic N) is 8. The topological polar surface area (TPSA) is 71.3 Å².